The van der Waals surface area contributed by atoms with Crippen molar-refractivity contribution in [3.63, 3.8) is 0 Å². The first-order valence-corrected chi connectivity index (χ1v) is 12.4. The molecule has 35 heavy (non-hydrogen) atoms. The molecule has 4 rings (SSSR count). The van der Waals surface area contributed by atoms with E-state index in [2.05, 4.69) is 15.4 Å². The van der Waals surface area contributed by atoms with Gasteiger partial charge in [-0.15, -0.1) is 0 Å². The lowest BCUT2D eigenvalue weighted by Crippen LogP contribution is -2.26. The van der Waals surface area contributed by atoms with Crippen LogP contribution in [0.25, 0.3) is 0 Å². The Labute approximate surface area is 202 Å². The second-order valence-corrected chi connectivity index (χ2v) is 9.79. The summed E-state index contributed by atoms with van der Waals surface area (Å²) in [5, 5.41) is 5.52. The molecule has 1 fully saturated rings. The Balaban J connectivity index is 1.45. The first-order chi connectivity index (χ1) is 16.7. The fourth-order valence-corrected chi connectivity index (χ4v) is 4.67. The molecule has 0 spiro atoms. The zero-order valence-electron chi connectivity index (χ0n) is 18.9. The highest BCUT2D eigenvalue weighted by Gasteiger charge is 2.23. The second-order valence-electron chi connectivity index (χ2n) is 8.11. The number of sulfonamides is 1. The highest BCUT2D eigenvalue weighted by atomic mass is 32.2. The van der Waals surface area contributed by atoms with Crippen LogP contribution in [0.5, 0.6) is 0 Å². The second kappa shape index (κ2) is 10.2. The van der Waals surface area contributed by atoms with Crippen LogP contribution in [0.2, 0.25) is 0 Å². The number of benzene rings is 3. The Morgan fingerprint density at radius 1 is 0.914 bits per heavy atom. The number of aryl methyl sites for hydroxylation is 1. The monoisotopic (exact) mass is 497 g/mol. The van der Waals surface area contributed by atoms with Crippen LogP contribution >= 0.6 is 0 Å². The highest BCUT2D eigenvalue weighted by molar-refractivity contribution is 7.92. The van der Waals surface area contributed by atoms with Gasteiger partial charge in [-0.05, 0) is 86.0 Å². The lowest BCUT2D eigenvalue weighted by atomic mass is 10.1. The van der Waals surface area contributed by atoms with E-state index < -0.39 is 27.9 Å². The molecule has 3 N–H and O–H groups in total. The van der Waals surface area contributed by atoms with Gasteiger partial charge in [0.2, 0.25) is 0 Å². The van der Waals surface area contributed by atoms with Gasteiger partial charge >= 0.3 is 0 Å². The summed E-state index contributed by atoms with van der Waals surface area (Å²) in [6.45, 7) is 2.27. The molecule has 0 saturated carbocycles. The lowest BCUT2D eigenvalue weighted by molar-refractivity contribution is -0.124. The third kappa shape index (κ3) is 6.03. The number of rotatable bonds is 7. The van der Waals surface area contributed by atoms with E-state index in [1.165, 1.54) is 30.3 Å². The maximum atomic E-state index is 13.1. The van der Waals surface area contributed by atoms with Crippen molar-refractivity contribution in [2.24, 2.45) is 0 Å². The average Bonchev–Trinajstić information content (AvgIpc) is 3.37. The van der Waals surface area contributed by atoms with Gasteiger partial charge in [-0.1, -0.05) is 6.07 Å². The van der Waals surface area contributed by atoms with Crippen LogP contribution in [0.1, 0.15) is 28.8 Å². The van der Waals surface area contributed by atoms with Crippen LogP contribution in [-0.2, 0) is 19.6 Å². The Hall–Kier alpha value is -3.76. The van der Waals surface area contributed by atoms with Gasteiger partial charge in [0.05, 0.1) is 4.90 Å². The minimum Gasteiger partial charge on any atom is -0.368 e. The van der Waals surface area contributed by atoms with Crippen molar-refractivity contribution in [1.29, 1.82) is 0 Å². The van der Waals surface area contributed by atoms with Gasteiger partial charge in [0.15, 0.2) is 0 Å². The maximum absolute atomic E-state index is 13.1. The Bertz CT molecular complexity index is 1340. The molecule has 0 radical (unpaired) electrons. The molecule has 1 aliphatic heterocycles. The minimum absolute atomic E-state index is 0.107. The van der Waals surface area contributed by atoms with Gasteiger partial charge in [-0.2, -0.15) is 0 Å². The SMILES string of the molecule is Cc1ccc(S(=O)(=O)Nc2ccc(F)cc2)cc1C(=O)Nc1ccc(NC(=O)C2CCCO2)cc1. The number of halogens is 1. The van der Waals surface area contributed by atoms with Crippen LogP contribution in [0.4, 0.5) is 21.5 Å². The molecule has 0 bridgehead atoms. The van der Waals surface area contributed by atoms with E-state index in [-0.39, 0.29) is 22.1 Å². The molecular formula is C25H24FN3O5S. The summed E-state index contributed by atoms with van der Waals surface area (Å²) < 4.78 is 46.4. The van der Waals surface area contributed by atoms with Crippen LogP contribution in [0.3, 0.4) is 0 Å². The number of nitrogens with one attached hydrogen (secondary N) is 3. The van der Waals surface area contributed by atoms with Crippen molar-refractivity contribution in [3.8, 4) is 0 Å². The summed E-state index contributed by atoms with van der Waals surface area (Å²) in [6.07, 6.45) is 1.10. The summed E-state index contributed by atoms with van der Waals surface area (Å²) in [6, 6.07) is 15.7. The summed E-state index contributed by atoms with van der Waals surface area (Å²) in [4.78, 5) is 25.0. The predicted molar refractivity (Wildman–Crippen MR) is 130 cm³/mol. The van der Waals surface area contributed by atoms with E-state index in [0.717, 1.165) is 18.6 Å². The third-order valence-corrected chi connectivity index (χ3v) is 6.87. The van der Waals surface area contributed by atoms with Crippen molar-refractivity contribution in [3.05, 3.63) is 83.7 Å². The van der Waals surface area contributed by atoms with E-state index in [4.69, 9.17) is 4.74 Å². The molecule has 0 aliphatic carbocycles. The minimum atomic E-state index is -4.00. The van der Waals surface area contributed by atoms with Gasteiger partial charge in [0.25, 0.3) is 21.8 Å². The number of ether oxygens (including phenoxy) is 1. The number of hydrogen-bond donors (Lipinski definition) is 3. The first-order valence-electron chi connectivity index (χ1n) is 10.9. The molecule has 10 heteroatoms. The molecular weight excluding hydrogens is 473 g/mol. The van der Waals surface area contributed by atoms with Gasteiger partial charge in [0.1, 0.15) is 11.9 Å². The van der Waals surface area contributed by atoms with E-state index >= 15 is 0 Å². The zero-order chi connectivity index (χ0) is 25.0. The summed E-state index contributed by atoms with van der Waals surface area (Å²) in [7, 11) is -4.00. The zero-order valence-corrected chi connectivity index (χ0v) is 19.7. The Kier molecular flexibility index (Phi) is 7.13. The molecule has 1 saturated heterocycles. The highest BCUT2D eigenvalue weighted by Crippen LogP contribution is 2.22. The molecule has 1 atom stereocenters. The lowest BCUT2D eigenvalue weighted by Gasteiger charge is -2.13. The molecule has 182 valence electrons. The number of hydrogen-bond acceptors (Lipinski definition) is 5. The van der Waals surface area contributed by atoms with Crippen molar-refractivity contribution in [2.45, 2.75) is 30.8 Å². The maximum Gasteiger partial charge on any atom is 0.261 e. The molecule has 8 nitrogen and oxygen atoms in total. The van der Waals surface area contributed by atoms with E-state index in [1.807, 2.05) is 0 Å². The summed E-state index contributed by atoms with van der Waals surface area (Å²) in [5.74, 6) is -1.18. The molecule has 2 amide bonds. The Morgan fingerprint density at radius 3 is 2.17 bits per heavy atom. The summed E-state index contributed by atoms with van der Waals surface area (Å²) >= 11 is 0. The summed E-state index contributed by atoms with van der Waals surface area (Å²) in [5.41, 5.74) is 2.01. The molecule has 3 aromatic carbocycles. The fourth-order valence-electron chi connectivity index (χ4n) is 3.59. The van der Waals surface area contributed by atoms with Crippen LogP contribution in [-0.4, -0.2) is 32.9 Å². The average molecular weight is 498 g/mol. The standard InChI is InChI=1S/C25H24FN3O5S/c1-16-4-13-21(35(32,33)29-20-7-5-17(26)6-8-20)15-22(16)24(30)27-18-9-11-19(12-10-18)28-25(31)23-3-2-14-34-23/h4-13,15,23,29H,2-3,14H2,1H3,(H,27,30)(H,28,31). The Morgan fingerprint density at radius 2 is 1.54 bits per heavy atom. The van der Waals surface area contributed by atoms with Crippen molar-refractivity contribution < 1.29 is 27.1 Å². The van der Waals surface area contributed by atoms with Crippen LogP contribution in [0, 0.1) is 12.7 Å². The number of amides is 2. The quantitative estimate of drug-likeness (QED) is 0.450. The van der Waals surface area contributed by atoms with Gasteiger partial charge in [-0.25, -0.2) is 12.8 Å². The van der Waals surface area contributed by atoms with Crippen molar-refractivity contribution >= 4 is 38.9 Å². The van der Waals surface area contributed by atoms with Gasteiger partial charge in [0, 0.05) is 29.2 Å². The van der Waals surface area contributed by atoms with Crippen molar-refractivity contribution in [2.75, 3.05) is 22.0 Å². The number of carbonyl (C=O) groups is 2. The van der Waals surface area contributed by atoms with E-state index in [0.29, 0.717) is 30.0 Å². The predicted octanol–water partition coefficient (Wildman–Crippen LogP) is 4.30. The smallest absolute Gasteiger partial charge is 0.261 e. The van der Waals surface area contributed by atoms with Gasteiger partial charge < -0.3 is 15.4 Å². The fraction of sp³-hybridized carbons (Fsp3) is 0.200. The van der Waals surface area contributed by atoms with E-state index in [1.54, 1.807) is 31.2 Å². The molecule has 0 aromatic heterocycles. The third-order valence-electron chi connectivity index (χ3n) is 5.49. The normalized spacial score (nSPS) is 15.4. The van der Waals surface area contributed by atoms with Crippen LogP contribution < -0.4 is 15.4 Å². The first kappa shape index (κ1) is 24.4. The van der Waals surface area contributed by atoms with Crippen LogP contribution in [0.15, 0.2) is 71.6 Å². The number of carbonyl (C=O) groups excluding carboxylic acids is 2. The van der Waals surface area contributed by atoms with Crippen molar-refractivity contribution in [1.82, 2.24) is 0 Å². The topological polar surface area (TPSA) is 114 Å². The largest absolute Gasteiger partial charge is 0.368 e. The number of anilines is 3. The molecule has 1 unspecified atom stereocenters. The van der Waals surface area contributed by atoms with Gasteiger partial charge in [-0.3, -0.25) is 14.3 Å². The molecule has 1 heterocycles. The molecule has 3 aromatic rings. The molecule has 1 aliphatic rings. The van der Waals surface area contributed by atoms with E-state index in [9.17, 15) is 22.4 Å².